The number of hydrogen-bond donors (Lipinski definition) is 1. The number of amides is 3. The van der Waals surface area contributed by atoms with Gasteiger partial charge in [0.05, 0.1) is 12.7 Å². The zero-order chi connectivity index (χ0) is 16.9. The Balaban J connectivity index is 1.54. The Morgan fingerprint density at radius 3 is 2.33 bits per heavy atom. The van der Waals surface area contributed by atoms with E-state index in [1.807, 2.05) is 17.0 Å². The minimum Gasteiger partial charge on any atom is -0.496 e. The highest BCUT2D eigenvalue weighted by molar-refractivity contribution is 5.97. The van der Waals surface area contributed by atoms with Crippen molar-refractivity contribution in [3.05, 3.63) is 29.8 Å². The molecule has 0 aromatic heterocycles. The third-order valence-electron chi connectivity index (χ3n) is 4.87. The Bertz CT molecular complexity index is 591. The largest absolute Gasteiger partial charge is 0.496 e. The third kappa shape index (κ3) is 3.63. The van der Waals surface area contributed by atoms with Gasteiger partial charge in [-0.2, -0.15) is 0 Å². The first-order chi connectivity index (χ1) is 11.7. The molecule has 0 atom stereocenters. The minimum atomic E-state index is -0.0386. The molecule has 1 saturated heterocycles. The first-order valence-corrected chi connectivity index (χ1v) is 8.67. The quantitative estimate of drug-likeness (QED) is 0.923. The van der Waals surface area contributed by atoms with Crippen molar-refractivity contribution < 1.29 is 14.3 Å². The molecule has 1 aliphatic heterocycles. The smallest absolute Gasteiger partial charge is 0.317 e. The van der Waals surface area contributed by atoms with Crippen molar-refractivity contribution in [2.75, 3.05) is 33.3 Å². The van der Waals surface area contributed by atoms with E-state index in [0.29, 0.717) is 43.5 Å². The Labute approximate surface area is 142 Å². The average molecular weight is 331 g/mol. The van der Waals surface area contributed by atoms with E-state index in [2.05, 4.69) is 5.32 Å². The van der Waals surface area contributed by atoms with Gasteiger partial charge >= 0.3 is 6.03 Å². The number of hydrogen-bond acceptors (Lipinski definition) is 3. The summed E-state index contributed by atoms with van der Waals surface area (Å²) in [6, 6.07) is 7.58. The summed E-state index contributed by atoms with van der Waals surface area (Å²) in [6.07, 6.45) is 4.56. The highest BCUT2D eigenvalue weighted by Gasteiger charge is 2.27. The summed E-state index contributed by atoms with van der Waals surface area (Å²) in [6.45, 7) is 2.24. The van der Waals surface area contributed by atoms with E-state index in [0.717, 1.165) is 12.8 Å². The van der Waals surface area contributed by atoms with Crippen LogP contribution < -0.4 is 10.1 Å². The second-order valence-electron chi connectivity index (χ2n) is 6.41. The molecule has 0 unspecified atom stereocenters. The number of nitrogens with one attached hydrogen (secondary N) is 1. The fraction of sp³-hybridized carbons (Fsp3) is 0.556. The minimum absolute atomic E-state index is 0.00582. The van der Waals surface area contributed by atoms with Crippen molar-refractivity contribution in [3.63, 3.8) is 0 Å². The van der Waals surface area contributed by atoms with E-state index >= 15 is 0 Å². The lowest BCUT2D eigenvalue weighted by molar-refractivity contribution is 0.0660. The van der Waals surface area contributed by atoms with Crippen LogP contribution >= 0.6 is 0 Å². The molecule has 1 heterocycles. The van der Waals surface area contributed by atoms with Crippen LogP contribution in [0.3, 0.4) is 0 Å². The van der Waals surface area contributed by atoms with Gasteiger partial charge in [0, 0.05) is 32.2 Å². The van der Waals surface area contributed by atoms with E-state index in [9.17, 15) is 9.59 Å². The number of benzene rings is 1. The van der Waals surface area contributed by atoms with Crippen LogP contribution in [0.4, 0.5) is 4.79 Å². The summed E-state index contributed by atoms with van der Waals surface area (Å²) in [5.74, 6) is 0.548. The molecule has 1 aromatic rings. The third-order valence-corrected chi connectivity index (χ3v) is 4.87. The maximum Gasteiger partial charge on any atom is 0.317 e. The normalized spacial score (nSPS) is 18.5. The molecule has 1 aliphatic carbocycles. The molecule has 130 valence electrons. The molecule has 0 spiro atoms. The van der Waals surface area contributed by atoms with Crippen molar-refractivity contribution in [1.29, 1.82) is 0 Å². The van der Waals surface area contributed by atoms with E-state index in [-0.39, 0.29) is 11.9 Å². The van der Waals surface area contributed by atoms with Gasteiger partial charge in [0.25, 0.3) is 5.91 Å². The number of methoxy groups -OCH3 is 1. The number of nitrogens with zero attached hydrogens (tertiary/aromatic N) is 2. The van der Waals surface area contributed by atoms with Crippen LogP contribution in [0.25, 0.3) is 0 Å². The van der Waals surface area contributed by atoms with E-state index in [1.54, 1.807) is 24.1 Å². The zero-order valence-corrected chi connectivity index (χ0v) is 14.2. The van der Waals surface area contributed by atoms with Crippen LogP contribution in [0.1, 0.15) is 36.0 Å². The maximum absolute atomic E-state index is 12.7. The molecule has 1 N–H and O–H groups in total. The van der Waals surface area contributed by atoms with Crippen LogP contribution in [0.15, 0.2) is 24.3 Å². The summed E-state index contributed by atoms with van der Waals surface area (Å²) in [4.78, 5) is 28.6. The summed E-state index contributed by atoms with van der Waals surface area (Å²) in [7, 11) is 1.57. The molecule has 1 aromatic carbocycles. The SMILES string of the molecule is COc1ccccc1C(=O)N1CCN(C(=O)NC2CCCC2)CC1. The van der Waals surface area contributed by atoms with Gasteiger partial charge < -0.3 is 19.9 Å². The fourth-order valence-electron chi connectivity index (χ4n) is 3.44. The predicted octanol–water partition coefficient (Wildman–Crippen LogP) is 2.11. The van der Waals surface area contributed by atoms with Crippen LogP contribution in [-0.2, 0) is 0 Å². The Morgan fingerprint density at radius 2 is 1.67 bits per heavy atom. The van der Waals surface area contributed by atoms with Crippen molar-refractivity contribution in [1.82, 2.24) is 15.1 Å². The highest BCUT2D eigenvalue weighted by atomic mass is 16.5. The van der Waals surface area contributed by atoms with E-state index in [4.69, 9.17) is 4.74 Å². The van der Waals surface area contributed by atoms with Gasteiger partial charge in [-0.05, 0) is 25.0 Å². The molecule has 3 rings (SSSR count). The number of carbonyl (C=O) groups is 2. The Morgan fingerprint density at radius 1 is 1.04 bits per heavy atom. The van der Waals surface area contributed by atoms with Crippen LogP contribution in [0.2, 0.25) is 0 Å². The van der Waals surface area contributed by atoms with Crippen molar-refractivity contribution in [2.45, 2.75) is 31.7 Å². The van der Waals surface area contributed by atoms with E-state index < -0.39 is 0 Å². The van der Waals surface area contributed by atoms with Gasteiger partial charge in [-0.15, -0.1) is 0 Å². The monoisotopic (exact) mass is 331 g/mol. The van der Waals surface area contributed by atoms with Gasteiger partial charge in [-0.25, -0.2) is 4.79 Å². The lowest BCUT2D eigenvalue weighted by Crippen LogP contribution is -2.54. The fourth-order valence-corrected chi connectivity index (χ4v) is 3.44. The van der Waals surface area contributed by atoms with Gasteiger partial charge in [0.2, 0.25) is 0 Å². The summed E-state index contributed by atoms with van der Waals surface area (Å²) < 4.78 is 5.27. The molecule has 1 saturated carbocycles. The number of piperazine rings is 1. The van der Waals surface area contributed by atoms with Crippen LogP contribution in [-0.4, -0.2) is 61.1 Å². The summed E-state index contributed by atoms with van der Waals surface area (Å²) in [5, 5.41) is 3.11. The molecule has 3 amide bonds. The molecular weight excluding hydrogens is 306 g/mol. The Hall–Kier alpha value is -2.24. The molecule has 2 fully saturated rings. The van der Waals surface area contributed by atoms with Gasteiger partial charge in [-0.3, -0.25) is 4.79 Å². The van der Waals surface area contributed by atoms with Crippen LogP contribution in [0, 0.1) is 0 Å². The lowest BCUT2D eigenvalue weighted by Gasteiger charge is -2.35. The number of para-hydroxylation sites is 1. The van der Waals surface area contributed by atoms with Crippen molar-refractivity contribution in [2.24, 2.45) is 0 Å². The topological polar surface area (TPSA) is 61.9 Å². The highest BCUT2D eigenvalue weighted by Crippen LogP contribution is 2.21. The molecule has 2 aliphatic rings. The first-order valence-electron chi connectivity index (χ1n) is 8.67. The molecule has 0 radical (unpaired) electrons. The molecular formula is C18H25N3O3. The number of carbonyl (C=O) groups excluding carboxylic acids is 2. The molecule has 6 nitrogen and oxygen atoms in total. The number of ether oxygens (including phenoxy) is 1. The van der Waals surface area contributed by atoms with Gasteiger partial charge in [0.15, 0.2) is 0 Å². The molecule has 24 heavy (non-hydrogen) atoms. The predicted molar refractivity (Wildman–Crippen MR) is 91.3 cm³/mol. The lowest BCUT2D eigenvalue weighted by atomic mass is 10.1. The zero-order valence-electron chi connectivity index (χ0n) is 14.2. The summed E-state index contributed by atoms with van der Waals surface area (Å²) in [5.41, 5.74) is 0.573. The maximum atomic E-state index is 12.7. The van der Waals surface area contributed by atoms with Crippen molar-refractivity contribution in [3.8, 4) is 5.75 Å². The average Bonchev–Trinajstić information content (AvgIpc) is 3.14. The first kappa shape index (κ1) is 16.6. The number of rotatable bonds is 3. The molecule has 0 bridgehead atoms. The molecule has 6 heteroatoms. The van der Waals surface area contributed by atoms with E-state index in [1.165, 1.54) is 12.8 Å². The van der Waals surface area contributed by atoms with Crippen LogP contribution in [0.5, 0.6) is 5.75 Å². The number of urea groups is 1. The standard InChI is InChI=1S/C18H25N3O3/c1-24-16-9-5-4-8-15(16)17(22)20-10-12-21(13-11-20)18(23)19-14-6-2-3-7-14/h4-5,8-9,14H,2-3,6-7,10-13H2,1H3,(H,19,23). The van der Waals surface area contributed by atoms with Gasteiger partial charge in [-0.1, -0.05) is 25.0 Å². The van der Waals surface area contributed by atoms with Gasteiger partial charge in [0.1, 0.15) is 5.75 Å². The Kier molecular flexibility index (Phi) is 5.23. The second kappa shape index (κ2) is 7.55. The second-order valence-corrected chi connectivity index (χ2v) is 6.41. The summed E-state index contributed by atoms with van der Waals surface area (Å²) >= 11 is 0. The van der Waals surface area contributed by atoms with Crippen molar-refractivity contribution >= 4 is 11.9 Å².